The molecule has 15 heavy (non-hydrogen) atoms. The van der Waals surface area contributed by atoms with Crippen molar-refractivity contribution >= 4 is 5.69 Å². The number of hydrogen-bond donors (Lipinski definition) is 1. The van der Waals surface area contributed by atoms with E-state index in [-0.39, 0.29) is 0 Å². The van der Waals surface area contributed by atoms with E-state index in [0.29, 0.717) is 6.10 Å². The van der Waals surface area contributed by atoms with Crippen LogP contribution in [0.4, 0.5) is 5.69 Å². The van der Waals surface area contributed by atoms with Crippen molar-refractivity contribution in [1.29, 1.82) is 0 Å². The second-order valence-corrected chi connectivity index (χ2v) is 4.43. The van der Waals surface area contributed by atoms with E-state index in [1.165, 1.54) is 5.56 Å². The maximum absolute atomic E-state index is 5.86. The summed E-state index contributed by atoms with van der Waals surface area (Å²) >= 11 is 0. The monoisotopic (exact) mass is 206 g/mol. The van der Waals surface area contributed by atoms with Crippen molar-refractivity contribution in [2.45, 2.75) is 25.5 Å². The van der Waals surface area contributed by atoms with Gasteiger partial charge in [-0.15, -0.1) is 0 Å². The summed E-state index contributed by atoms with van der Waals surface area (Å²) in [6.07, 6.45) is 2.73. The first-order chi connectivity index (χ1) is 7.15. The van der Waals surface area contributed by atoms with Gasteiger partial charge in [-0.05, 0) is 44.6 Å². The van der Waals surface area contributed by atoms with E-state index in [1.807, 2.05) is 12.1 Å². The molecule has 2 N–H and O–H groups in total. The van der Waals surface area contributed by atoms with Gasteiger partial charge in [0.25, 0.3) is 0 Å². The molecule has 0 aliphatic heterocycles. The Morgan fingerprint density at radius 1 is 1.40 bits per heavy atom. The largest absolute Gasteiger partial charge is 0.488 e. The van der Waals surface area contributed by atoms with Crippen molar-refractivity contribution < 1.29 is 4.74 Å². The number of hydrogen-bond acceptors (Lipinski definition) is 3. The molecule has 1 fully saturated rings. The number of nitrogens with zero attached hydrogens (tertiary/aromatic N) is 1. The number of anilines is 1. The van der Waals surface area contributed by atoms with E-state index in [1.54, 1.807) is 0 Å². The second kappa shape index (κ2) is 4.11. The highest BCUT2D eigenvalue weighted by Crippen LogP contribution is 2.31. The van der Waals surface area contributed by atoms with Crippen molar-refractivity contribution in [1.82, 2.24) is 4.90 Å². The average Bonchev–Trinajstić information content (AvgIpc) is 2.94. The lowest BCUT2D eigenvalue weighted by Crippen LogP contribution is -2.11. The van der Waals surface area contributed by atoms with E-state index < -0.39 is 0 Å². The van der Waals surface area contributed by atoms with Crippen LogP contribution in [0, 0.1) is 0 Å². The van der Waals surface area contributed by atoms with E-state index in [2.05, 4.69) is 25.1 Å². The Hall–Kier alpha value is -1.22. The third-order valence-corrected chi connectivity index (χ3v) is 2.39. The lowest BCUT2D eigenvalue weighted by molar-refractivity contribution is 0.304. The third kappa shape index (κ3) is 2.86. The van der Waals surface area contributed by atoms with Crippen molar-refractivity contribution in [3.8, 4) is 5.75 Å². The molecule has 1 aliphatic carbocycles. The van der Waals surface area contributed by atoms with Crippen LogP contribution in [0.25, 0.3) is 0 Å². The van der Waals surface area contributed by atoms with E-state index in [0.717, 1.165) is 30.8 Å². The Bertz CT molecular complexity index is 345. The maximum atomic E-state index is 5.86. The van der Waals surface area contributed by atoms with Gasteiger partial charge in [0.1, 0.15) is 5.75 Å². The van der Waals surface area contributed by atoms with E-state index in [9.17, 15) is 0 Å². The highest BCUT2D eigenvalue weighted by atomic mass is 16.5. The summed E-state index contributed by atoms with van der Waals surface area (Å²) in [5.41, 5.74) is 7.84. The zero-order valence-electron chi connectivity index (χ0n) is 9.36. The molecule has 0 bridgehead atoms. The summed E-state index contributed by atoms with van der Waals surface area (Å²) in [6, 6.07) is 6.03. The first-order valence-electron chi connectivity index (χ1n) is 5.35. The molecule has 1 saturated carbocycles. The topological polar surface area (TPSA) is 38.5 Å². The van der Waals surface area contributed by atoms with Crippen LogP contribution in [-0.2, 0) is 6.54 Å². The van der Waals surface area contributed by atoms with E-state index in [4.69, 9.17) is 10.5 Å². The summed E-state index contributed by atoms with van der Waals surface area (Å²) in [5.74, 6) is 0.844. The van der Waals surface area contributed by atoms with Gasteiger partial charge in [-0.1, -0.05) is 6.07 Å². The van der Waals surface area contributed by atoms with Crippen LogP contribution in [0.3, 0.4) is 0 Å². The molecule has 0 unspecified atom stereocenters. The lowest BCUT2D eigenvalue weighted by atomic mass is 10.2. The lowest BCUT2D eigenvalue weighted by Gasteiger charge is -2.13. The van der Waals surface area contributed by atoms with Gasteiger partial charge in [0, 0.05) is 6.54 Å². The van der Waals surface area contributed by atoms with E-state index >= 15 is 0 Å². The van der Waals surface area contributed by atoms with Crippen molar-refractivity contribution in [3.63, 3.8) is 0 Å². The summed E-state index contributed by atoms with van der Waals surface area (Å²) < 4.78 is 5.73. The standard InChI is InChI=1S/C12H18N2O/c1-14(2)8-9-3-6-11(13)12(7-9)15-10-4-5-10/h3,6-7,10H,4-5,8,13H2,1-2H3. The highest BCUT2D eigenvalue weighted by molar-refractivity contribution is 5.54. The molecule has 3 nitrogen and oxygen atoms in total. The van der Waals surface area contributed by atoms with Crippen LogP contribution in [0.1, 0.15) is 18.4 Å². The summed E-state index contributed by atoms with van der Waals surface area (Å²) in [5, 5.41) is 0. The fraction of sp³-hybridized carbons (Fsp3) is 0.500. The summed E-state index contributed by atoms with van der Waals surface area (Å²) in [6.45, 7) is 0.918. The van der Waals surface area contributed by atoms with Crippen LogP contribution in [0.5, 0.6) is 5.75 Å². The minimum absolute atomic E-state index is 0.405. The first-order valence-corrected chi connectivity index (χ1v) is 5.35. The third-order valence-electron chi connectivity index (χ3n) is 2.39. The van der Waals surface area contributed by atoms with Gasteiger partial charge >= 0.3 is 0 Å². The van der Waals surface area contributed by atoms with Crippen molar-refractivity contribution in [2.75, 3.05) is 19.8 Å². The molecule has 0 amide bonds. The molecule has 0 saturated heterocycles. The van der Waals surface area contributed by atoms with Crippen LogP contribution < -0.4 is 10.5 Å². The second-order valence-electron chi connectivity index (χ2n) is 4.43. The maximum Gasteiger partial charge on any atom is 0.142 e. The average molecular weight is 206 g/mol. The Morgan fingerprint density at radius 3 is 2.73 bits per heavy atom. The first kappa shape index (κ1) is 10.3. The number of rotatable bonds is 4. The number of benzene rings is 1. The fourth-order valence-electron chi connectivity index (χ4n) is 1.51. The molecule has 0 spiro atoms. The van der Waals surface area contributed by atoms with Crippen molar-refractivity contribution in [2.24, 2.45) is 0 Å². The Balaban J connectivity index is 2.12. The van der Waals surface area contributed by atoms with Gasteiger partial charge in [0.15, 0.2) is 0 Å². The molecule has 2 rings (SSSR count). The predicted octanol–water partition coefficient (Wildman–Crippen LogP) is 1.87. The normalized spacial score (nSPS) is 15.7. The van der Waals surface area contributed by atoms with Gasteiger partial charge in [-0.25, -0.2) is 0 Å². The minimum atomic E-state index is 0.405. The number of nitrogens with two attached hydrogens (primary N) is 1. The molecular weight excluding hydrogens is 188 g/mol. The number of nitrogen functional groups attached to an aromatic ring is 1. The van der Waals surface area contributed by atoms with Gasteiger partial charge in [0.2, 0.25) is 0 Å². The van der Waals surface area contributed by atoms with Crippen LogP contribution in [0.2, 0.25) is 0 Å². The van der Waals surface area contributed by atoms with Gasteiger partial charge in [-0.2, -0.15) is 0 Å². The fourth-order valence-corrected chi connectivity index (χ4v) is 1.51. The number of ether oxygens (including phenoxy) is 1. The quantitative estimate of drug-likeness (QED) is 0.764. The zero-order chi connectivity index (χ0) is 10.8. The molecule has 82 valence electrons. The van der Waals surface area contributed by atoms with Crippen molar-refractivity contribution in [3.05, 3.63) is 23.8 Å². The molecule has 0 aromatic heterocycles. The predicted molar refractivity (Wildman–Crippen MR) is 61.9 cm³/mol. The van der Waals surface area contributed by atoms with Gasteiger partial charge in [-0.3, -0.25) is 0 Å². The van der Waals surface area contributed by atoms with Gasteiger partial charge in [0.05, 0.1) is 11.8 Å². The Labute approximate surface area is 90.8 Å². The zero-order valence-corrected chi connectivity index (χ0v) is 9.36. The van der Waals surface area contributed by atoms with Gasteiger partial charge < -0.3 is 15.4 Å². The molecule has 0 atom stereocenters. The minimum Gasteiger partial charge on any atom is -0.488 e. The summed E-state index contributed by atoms with van der Waals surface area (Å²) in [4.78, 5) is 2.13. The molecule has 1 aromatic rings. The molecular formula is C12H18N2O. The highest BCUT2D eigenvalue weighted by Gasteiger charge is 2.24. The molecule has 1 aromatic carbocycles. The Morgan fingerprint density at radius 2 is 2.13 bits per heavy atom. The Kier molecular flexibility index (Phi) is 2.82. The molecule has 3 heteroatoms. The molecule has 0 heterocycles. The van der Waals surface area contributed by atoms with Crippen LogP contribution in [0.15, 0.2) is 18.2 Å². The van der Waals surface area contributed by atoms with Crippen LogP contribution >= 0.6 is 0 Å². The van der Waals surface area contributed by atoms with Crippen LogP contribution in [-0.4, -0.2) is 25.1 Å². The molecule has 1 aliphatic rings. The smallest absolute Gasteiger partial charge is 0.142 e. The summed E-state index contributed by atoms with van der Waals surface area (Å²) in [7, 11) is 4.11. The SMILES string of the molecule is CN(C)Cc1ccc(N)c(OC2CC2)c1. The molecule has 0 radical (unpaired) electrons.